The predicted octanol–water partition coefficient (Wildman–Crippen LogP) is 2.51. The molecule has 1 aliphatic carbocycles. The molecule has 1 aliphatic heterocycles. The quantitative estimate of drug-likeness (QED) is 0.724. The summed E-state index contributed by atoms with van der Waals surface area (Å²) < 4.78 is 0. The van der Waals surface area contributed by atoms with Crippen LogP contribution in [0.3, 0.4) is 0 Å². The second-order valence-electron chi connectivity index (χ2n) is 5.37. The fourth-order valence-electron chi connectivity index (χ4n) is 3.27. The molecule has 3 rings (SSSR count). The average Bonchev–Trinajstić information content (AvgIpc) is 2.69. The Morgan fingerprint density at radius 2 is 2.06 bits per heavy atom. The minimum Gasteiger partial charge on any atom is -0.345 e. The number of benzene rings is 1. The number of likely N-dealkylation sites (tertiary alicyclic amines) is 1. The second kappa shape index (κ2) is 4.17. The maximum absolute atomic E-state index is 11.7. The van der Waals surface area contributed by atoms with E-state index in [9.17, 15) is 4.79 Å². The second-order valence-corrected chi connectivity index (χ2v) is 5.37. The molecule has 0 spiro atoms. The molecule has 0 N–H and O–H groups in total. The molecular weight excluding hydrogens is 210 g/mol. The van der Waals surface area contributed by atoms with Gasteiger partial charge in [-0.1, -0.05) is 18.2 Å². The first-order valence-electron chi connectivity index (χ1n) is 6.60. The summed E-state index contributed by atoms with van der Waals surface area (Å²) >= 11 is 0. The van der Waals surface area contributed by atoms with Crippen molar-refractivity contribution in [1.29, 1.82) is 0 Å². The highest BCUT2D eigenvalue weighted by Gasteiger charge is 2.30. The Balaban J connectivity index is 1.95. The van der Waals surface area contributed by atoms with E-state index in [0.29, 0.717) is 18.2 Å². The fourth-order valence-corrected chi connectivity index (χ4v) is 3.27. The minimum absolute atomic E-state index is 0.295. The van der Waals surface area contributed by atoms with Crippen LogP contribution in [-0.2, 0) is 17.6 Å². The van der Waals surface area contributed by atoms with Gasteiger partial charge >= 0.3 is 0 Å². The van der Waals surface area contributed by atoms with E-state index in [-0.39, 0.29) is 0 Å². The zero-order chi connectivity index (χ0) is 11.8. The van der Waals surface area contributed by atoms with E-state index in [4.69, 9.17) is 0 Å². The third-order valence-electron chi connectivity index (χ3n) is 4.21. The standard InChI is InChI=1S/C15H19NO/c1-16-10-12(9-15(16)17)14-8-4-6-11-5-2-3-7-13(11)14/h4,6,8,12H,2-3,5,7,9-10H2,1H3/t12-/m1/s1. The van der Waals surface area contributed by atoms with Crippen LogP contribution in [0.2, 0.25) is 0 Å². The van der Waals surface area contributed by atoms with Gasteiger partial charge in [-0.15, -0.1) is 0 Å². The van der Waals surface area contributed by atoms with Crippen molar-refractivity contribution >= 4 is 5.91 Å². The lowest BCUT2D eigenvalue weighted by molar-refractivity contribution is -0.126. The monoisotopic (exact) mass is 229 g/mol. The number of carbonyl (C=O) groups is 1. The van der Waals surface area contributed by atoms with Crippen LogP contribution in [0.15, 0.2) is 18.2 Å². The summed E-state index contributed by atoms with van der Waals surface area (Å²) in [4.78, 5) is 13.5. The van der Waals surface area contributed by atoms with Gasteiger partial charge in [-0.2, -0.15) is 0 Å². The highest BCUT2D eigenvalue weighted by atomic mass is 16.2. The van der Waals surface area contributed by atoms with Crippen molar-refractivity contribution in [2.45, 2.75) is 38.0 Å². The van der Waals surface area contributed by atoms with Crippen LogP contribution in [-0.4, -0.2) is 24.4 Å². The van der Waals surface area contributed by atoms with Crippen molar-refractivity contribution in [3.8, 4) is 0 Å². The minimum atomic E-state index is 0.295. The smallest absolute Gasteiger partial charge is 0.223 e. The van der Waals surface area contributed by atoms with Crippen molar-refractivity contribution in [3.05, 3.63) is 34.9 Å². The van der Waals surface area contributed by atoms with Crippen molar-refractivity contribution < 1.29 is 4.79 Å². The van der Waals surface area contributed by atoms with Crippen molar-refractivity contribution in [2.24, 2.45) is 0 Å². The number of fused-ring (bicyclic) bond motifs is 1. The van der Waals surface area contributed by atoms with Crippen LogP contribution in [0, 0.1) is 0 Å². The highest BCUT2D eigenvalue weighted by Crippen LogP contribution is 2.34. The van der Waals surface area contributed by atoms with Gasteiger partial charge in [0.25, 0.3) is 0 Å². The third-order valence-corrected chi connectivity index (χ3v) is 4.21. The molecule has 1 heterocycles. The first-order chi connectivity index (χ1) is 8.25. The van der Waals surface area contributed by atoms with Crippen molar-refractivity contribution in [2.75, 3.05) is 13.6 Å². The van der Waals surface area contributed by atoms with E-state index < -0.39 is 0 Å². The van der Waals surface area contributed by atoms with Crippen LogP contribution in [0.5, 0.6) is 0 Å². The van der Waals surface area contributed by atoms with Crippen LogP contribution >= 0.6 is 0 Å². The Kier molecular flexibility index (Phi) is 2.65. The predicted molar refractivity (Wildman–Crippen MR) is 68.1 cm³/mol. The van der Waals surface area contributed by atoms with E-state index in [2.05, 4.69) is 18.2 Å². The fraction of sp³-hybridized carbons (Fsp3) is 0.533. The van der Waals surface area contributed by atoms with Gasteiger partial charge < -0.3 is 4.90 Å². The molecule has 0 aromatic heterocycles. The lowest BCUT2D eigenvalue weighted by atomic mass is 9.83. The molecule has 1 atom stereocenters. The molecule has 1 amide bonds. The molecule has 0 saturated carbocycles. The van der Waals surface area contributed by atoms with Gasteiger partial charge in [-0.05, 0) is 42.4 Å². The van der Waals surface area contributed by atoms with E-state index in [1.807, 2.05) is 11.9 Å². The van der Waals surface area contributed by atoms with Gasteiger partial charge in [-0.3, -0.25) is 4.79 Å². The molecule has 1 fully saturated rings. The first-order valence-corrected chi connectivity index (χ1v) is 6.60. The molecule has 90 valence electrons. The summed E-state index contributed by atoms with van der Waals surface area (Å²) in [6, 6.07) is 6.67. The molecular formula is C15H19NO. The van der Waals surface area contributed by atoms with E-state index in [1.54, 1.807) is 5.56 Å². The van der Waals surface area contributed by atoms with Crippen molar-refractivity contribution in [1.82, 2.24) is 4.90 Å². The molecule has 1 aromatic carbocycles. The number of hydrogen-bond acceptors (Lipinski definition) is 1. The van der Waals surface area contributed by atoms with Crippen LogP contribution in [0.25, 0.3) is 0 Å². The average molecular weight is 229 g/mol. The first kappa shape index (κ1) is 10.8. The molecule has 2 nitrogen and oxygen atoms in total. The van der Waals surface area contributed by atoms with Gasteiger partial charge in [-0.25, -0.2) is 0 Å². The molecule has 1 saturated heterocycles. The highest BCUT2D eigenvalue weighted by molar-refractivity contribution is 5.79. The number of hydrogen-bond donors (Lipinski definition) is 0. The normalized spacial score (nSPS) is 23.9. The number of amides is 1. The Labute approximate surface area is 103 Å². The maximum atomic E-state index is 11.7. The number of carbonyl (C=O) groups excluding carboxylic acids is 1. The van der Waals surface area contributed by atoms with Gasteiger partial charge in [0.2, 0.25) is 5.91 Å². The van der Waals surface area contributed by atoms with Gasteiger partial charge in [0.05, 0.1) is 0 Å². The van der Waals surface area contributed by atoms with Gasteiger partial charge in [0.15, 0.2) is 0 Å². The van der Waals surface area contributed by atoms with E-state index >= 15 is 0 Å². The van der Waals surface area contributed by atoms with Crippen molar-refractivity contribution in [3.63, 3.8) is 0 Å². The maximum Gasteiger partial charge on any atom is 0.223 e. The Hall–Kier alpha value is -1.31. The molecule has 17 heavy (non-hydrogen) atoms. The summed E-state index contributed by atoms with van der Waals surface area (Å²) in [7, 11) is 1.91. The van der Waals surface area contributed by atoms with E-state index in [0.717, 1.165) is 6.54 Å². The summed E-state index contributed by atoms with van der Waals surface area (Å²) in [5.41, 5.74) is 4.52. The third kappa shape index (κ3) is 1.86. The number of aryl methyl sites for hydroxylation is 1. The van der Waals surface area contributed by atoms with Crippen LogP contribution in [0.1, 0.15) is 41.9 Å². The Bertz CT molecular complexity index is 452. The van der Waals surface area contributed by atoms with E-state index in [1.165, 1.54) is 36.8 Å². The molecule has 0 radical (unpaired) electrons. The summed E-state index contributed by atoms with van der Waals surface area (Å²) in [5.74, 6) is 0.726. The molecule has 0 unspecified atom stereocenters. The van der Waals surface area contributed by atoms with Gasteiger partial charge in [0, 0.05) is 25.9 Å². The lowest BCUT2D eigenvalue weighted by Crippen LogP contribution is -2.19. The molecule has 2 heteroatoms. The number of nitrogens with zero attached hydrogens (tertiary/aromatic N) is 1. The number of likely N-dealkylation sites (N-methyl/N-ethyl adjacent to an activating group) is 1. The lowest BCUT2D eigenvalue weighted by Gasteiger charge is -2.22. The SMILES string of the molecule is CN1C[C@H](c2cccc3c2CCCC3)CC1=O. The topological polar surface area (TPSA) is 20.3 Å². The van der Waals surface area contributed by atoms with Crippen LogP contribution < -0.4 is 0 Å². The summed E-state index contributed by atoms with van der Waals surface area (Å²) in [6.07, 6.45) is 5.76. The van der Waals surface area contributed by atoms with Crippen LogP contribution in [0.4, 0.5) is 0 Å². The molecule has 0 bridgehead atoms. The molecule has 1 aromatic rings. The Morgan fingerprint density at radius 3 is 2.82 bits per heavy atom. The zero-order valence-electron chi connectivity index (χ0n) is 10.4. The zero-order valence-corrected chi connectivity index (χ0v) is 10.4. The number of rotatable bonds is 1. The largest absolute Gasteiger partial charge is 0.345 e. The summed E-state index contributed by atoms with van der Waals surface area (Å²) in [6.45, 7) is 0.898. The Morgan fingerprint density at radius 1 is 1.24 bits per heavy atom. The summed E-state index contributed by atoms with van der Waals surface area (Å²) in [5, 5.41) is 0. The van der Waals surface area contributed by atoms with Gasteiger partial charge in [0.1, 0.15) is 0 Å². The molecule has 2 aliphatic rings.